The quantitative estimate of drug-likeness (QED) is 0.0400. The molecule has 4 heterocycles. The van der Waals surface area contributed by atoms with Crippen molar-refractivity contribution < 1.29 is 23.9 Å². The van der Waals surface area contributed by atoms with Gasteiger partial charge >= 0.3 is 0 Å². The lowest BCUT2D eigenvalue weighted by Gasteiger charge is -2.36. The number of nitrogens with one attached hydrogen (secondary N) is 3. The molecule has 1 saturated heterocycles. The van der Waals surface area contributed by atoms with Crippen molar-refractivity contribution in [3.8, 4) is 5.82 Å². The Hall–Kier alpha value is -6.56. The Morgan fingerprint density at radius 3 is 2.38 bits per heavy atom. The first-order valence-corrected chi connectivity index (χ1v) is 21.8. The number of hydrogen-bond acceptors (Lipinski definition) is 14. The minimum Gasteiger partial charge on any atom is -0.384 e. The van der Waals surface area contributed by atoms with Crippen LogP contribution in [0.15, 0.2) is 78.2 Å². The zero-order valence-corrected chi connectivity index (χ0v) is 37.6. The van der Waals surface area contributed by atoms with Gasteiger partial charge in [0.15, 0.2) is 11.5 Å². The van der Waals surface area contributed by atoms with E-state index in [1.165, 1.54) is 0 Å². The van der Waals surface area contributed by atoms with E-state index in [4.69, 9.17) is 14.7 Å². The highest BCUT2D eigenvalue weighted by molar-refractivity contribution is 5.81. The lowest BCUT2D eigenvalue weighted by atomic mass is 10.1. The first-order valence-electron chi connectivity index (χ1n) is 21.8. The summed E-state index contributed by atoms with van der Waals surface area (Å²) in [6.07, 6.45) is 9.49. The number of nitrogens with zero attached hydrogens (tertiary/aromatic N) is 8. The normalized spacial score (nSPS) is 14.2. The fraction of sp³-hybridized carbons (Fsp3) is 0.404. The molecule has 7 rings (SSSR count). The van der Waals surface area contributed by atoms with Crippen LogP contribution >= 0.6 is 0 Å². The molecule has 2 aromatic carbocycles. The molecular weight excluding hydrogens is 815 g/mol. The van der Waals surface area contributed by atoms with Crippen molar-refractivity contribution >= 4 is 58.8 Å². The Kier molecular flexibility index (Phi) is 18.4. The van der Waals surface area contributed by atoms with Crippen molar-refractivity contribution in [2.75, 3.05) is 69.5 Å². The zero-order chi connectivity index (χ0) is 46.0. The number of aldehydes is 3. The second-order valence-corrected chi connectivity index (χ2v) is 14.9. The van der Waals surface area contributed by atoms with Crippen molar-refractivity contribution in [2.45, 2.75) is 71.6 Å². The second-order valence-electron chi connectivity index (χ2n) is 14.9. The lowest BCUT2D eigenvalue weighted by Crippen LogP contribution is -2.49. The number of piperazine rings is 1. The summed E-state index contributed by atoms with van der Waals surface area (Å²) in [5.41, 5.74) is 9.52. The number of unbranched alkanes of at least 4 members (excludes halogenated alkanes) is 2. The van der Waals surface area contributed by atoms with Crippen molar-refractivity contribution in [3.05, 3.63) is 106 Å². The molecule has 17 heteroatoms. The molecule has 2 aliphatic rings. The van der Waals surface area contributed by atoms with E-state index in [1.807, 2.05) is 86.4 Å². The highest BCUT2D eigenvalue weighted by Gasteiger charge is 2.26. The second kappa shape index (κ2) is 24.3. The van der Waals surface area contributed by atoms with Crippen LogP contribution in [0.3, 0.4) is 0 Å². The lowest BCUT2D eigenvalue weighted by molar-refractivity contribution is -0.131. The fourth-order valence-electron chi connectivity index (χ4n) is 7.58. The van der Waals surface area contributed by atoms with E-state index in [1.54, 1.807) is 34.8 Å². The largest absolute Gasteiger partial charge is 0.384 e. The van der Waals surface area contributed by atoms with E-state index in [9.17, 15) is 24.0 Å². The Bertz CT molecular complexity index is 2400. The Morgan fingerprint density at radius 2 is 1.72 bits per heavy atom. The predicted molar refractivity (Wildman–Crippen MR) is 250 cm³/mol. The molecule has 0 bridgehead atoms. The van der Waals surface area contributed by atoms with Crippen LogP contribution in [0.1, 0.15) is 79.2 Å². The molecule has 1 amide bonds. The van der Waals surface area contributed by atoms with E-state index in [-0.39, 0.29) is 24.1 Å². The van der Waals surface area contributed by atoms with Crippen molar-refractivity contribution in [1.82, 2.24) is 39.7 Å². The summed E-state index contributed by atoms with van der Waals surface area (Å²) in [6.45, 7) is 11.8. The third kappa shape index (κ3) is 11.9. The molecule has 1 aliphatic heterocycles. The first kappa shape index (κ1) is 48.5. The molecule has 5 aromatic rings. The molecule has 0 saturated carbocycles. The number of pyridine rings is 1. The number of amides is 1. The summed E-state index contributed by atoms with van der Waals surface area (Å²) in [4.78, 5) is 75.7. The predicted octanol–water partition coefficient (Wildman–Crippen LogP) is 5.65. The van der Waals surface area contributed by atoms with Gasteiger partial charge in [-0.3, -0.25) is 19.8 Å². The number of aromatic nitrogens is 5. The van der Waals surface area contributed by atoms with Gasteiger partial charge in [-0.2, -0.15) is 4.98 Å². The number of rotatable bonds is 19. The summed E-state index contributed by atoms with van der Waals surface area (Å²) in [7, 11) is 5.43. The third-order valence-corrected chi connectivity index (χ3v) is 11.0. The maximum Gasteiger partial charge on any atom is 0.278 e. The van der Waals surface area contributed by atoms with Crippen LogP contribution in [-0.2, 0) is 38.6 Å². The minimum atomic E-state index is -0.223. The third-order valence-electron chi connectivity index (χ3n) is 11.0. The highest BCUT2D eigenvalue weighted by Crippen LogP contribution is 2.33. The summed E-state index contributed by atoms with van der Waals surface area (Å²) in [5, 5.41) is 8.94. The molecule has 0 spiro atoms. The maximum atomic E-state index is 13.5. The van der Waals surface area contributed by atoms with Gasteiger partial charge < -0.3 is 34.8 Å². The van der Waals surface area contributed by atoms with E-state index >= 15 is 0 Å². The van der Waals surface area contributed by atoms with E-state index in [2.05, 4.69) is 32.5 Å². The van der Waals surface area contributed by atoms with Gasteiger partial charge in [0.05, 0.1) is 18.3 Å². The molecule has 0 radical (unpaired) electrons. The molecular formula is C47H61N11O6. The highest BCUT2D eigenvalue weighted by atomic mass is 16.5. The maximum absolute atomic E-state index is 13.5. The van der Waals surface area contributed by atoms with Crippen molar-refractivity contribution in [2.24, 2.45) is 0 Å². The van der Waals surface area contributed by atoms with Crippen LogP contribution in [0.4, 0.5) is 23.0 Å². The average Bonchev–Trinajstić information content (AvgIpc) is 3.87. The van der Waals surface area contributed by atoms with Crippen LogP contribution in [-0.4, -0.2) is 113 Å². The van der Waals surface area contributed by atoms with Gasteiger partial charge in [-0.05, 0) is 68.3 Å². The van der Waals surface area contributed by atoms with Crippen molar-refractivity contribution in [3.63, 3.8) is 0 Å². The summed E-state index contributed by atoms with van der Waals surface area (Å²) in [5.74, 6) is 1.02. The van der Waals surface area contributed by atoms with Gasteiger partial charge in [0.1, 0.15) is 24.2 Å². The Balaban J connectivity index is 0.000000782. The molecule has 340 valence electrons. The summed E-state index contributed by atoms with van der Waals surface area (Å²) >= 11 is 0. The number of carbonyl (C=O) groups is 4. The van der Waals surface area contributed by atoms with Crippen molar-refractivity contribution in [1.29, 1.82) is 0 Å². The molecule has 1 aliphatic carbocycles. The minimum absolute atomic E-state index is 0.0871. The van der Waals surface area contributed by atoms with Crippen LogP contribution in [0.25, 0.3) is 16.9 Å². The van der Waals surface area contributed by atoms with Gasteiger partial charge in [0, 0.05) is 107 Å². The monoisotopic (exact) mass is 875 g/mol. The van der Waals surface area contributed by atoms with E-state index in [0.29, 0.717) is 93.3 Å². The summed E-state index contributed by atoms with van der Waals surface area (Å²) in [6, 6.07) is 17.6. The molecule has 17 nitrogen and oxygen atoms in total. The molecule has 3 N–H and O–H groups in total. The van der Waals surface area contributed by atoms with Crippen LogP contribution < -0.4 is 26.5 Å². The van der Waals surface area contributed by atoms with Crippen LogP contribution in [0.5, 0.6) is 0 Å². The molecule has 64 heavy (non-hydrogen) atoms. The van der Waals surface area contributed by atoms with Gasteiger partial charge in [0.2, 0.25) is 11.9 Å². The number of fused-ring (bicyclic) bond motifs is 2. The summed E-state index contributed by atoms with van der Waals surface area (Å²) < 4.78 is 8.97. The number of hydrazine groups is 1. The smallest absolute Gasteiger partial charge is 0.278 e. The van der Waals surface area contributed by atoms with Gasteiger partial charge in [-0.15, -0.1) is 6.58 Å². The number of benzene rings is 2. The molecule has 1 unspecified atom stereocenters. The number of methoxy groups -OCH3 is 1. The zero-order valence-electron chi connectivity index (χ0n) is 37.6. The number of hydrogen-bond donors (Lipinski definition) is 3. The average molecular weight is 876 g/mol. The van der Waals surface area contributed by atoms with E-state index in [0.717, 1.165) is 65.6 Å². The van der Waals surface area contributed by atoms with Gasteiger partial charge in [-0.1, -0.05) is 38.1 Å². The standard InChI is InChI=1S/C40H47N11O4.C5H8O2.C2H6/c1-5-19-50-39(54)31-24-43-40(46-38(31)51(50)35-16-10-27-9-15-34(55-4)37(27)45-35)44-29-11-13-30(14-12-29)48-20-22-49(23-21-48)36(53)17-18-42-33-8-6-7-28(26-52)32(33)25-47(3)41-2;6-4-2-1-3-5-7;1-2/h5-8,10-14,16,24,26,34,41-42H,1,9,15,17-23,25H2,2-4H3,(H,43,44,46);4-5H,1-3H2;1-2H3. The molecule has 1 fully saturated rings. The van der Waals surface area contributed by atoms with Gasteiger partial charge in [0.25, 0.3) is 5.56 Å². The van der Waals surface area contributed by atoms with E-state index < -0.39 is 0 Å². The number of ether oxygens (including phenoxy) is 1. The number of allylic oxidation sites excluding steroid dienone is 1. The number of anilines is 4. The molecule has 1 atom stereocenters. The Morgan fingerprint density at radius 1 is 0.984 bits per heavy atom. The SMILES string of the molecule is C=CCn1c(=O)c2cnc(Nc3ccc(N4CCN(C(=O)CCNc5cccc(C=O)c5CN(C)NC)CC4)cc3)nc2n1-c1ccc2c(n1)C(OC)CC2.CC.O=CCCCC=O. The first-order chi connectivity index (χ1) is 31.2. The topological polar surface area (TPSA) is 189 Å². The number of aryl methyl sites for hydroxylation is 1. The van der Waals surface area contributed by atoms with Crippen LogP contribution in [0.2, 0.25) is 0 Å². The van der Waals surface area contributed by atoms with Gasteiger partial charge in [-0.25, -0.2) is 24.3 Å². The number of carbonyl (C=O) groups excluding carboxylic acids is 4. The molecule has 3 aromatic heterocycles. The fourth-order valence-corrected chi connectivity index (χ4v) is 7.58. The van der Waals surface area contributed by atoms with Crippen LogP contribution in [0, 0.1) is 0 Å². The Labute approximate surface area is 374 Å².